The zero-order chi connectivity index (χ0) is 11.1. The quantitative estimate of drug-likeness (QED) is 0.483. The van der Waals surface area contributed by atoms with Gasteiger partial charge >= 0.3 is 0 Å². The molecular weight excluding hydrogens is 194 g/mol. The topological polar surface area (TPSA) is 40.0 Å². The van der Waals surface area contributed by atoms with E-state index in [4.69, 9.17) is 14.3 Å². The predicted octanol–water partition coefficient (Wildman–Crippen LogP) is 2.33. The number of ether oxygens (including phenoxy) is 2. The average molecular weight is 215 g/mol. The summed E-state index contributed by atoms with van der Waals surface area (Å²) in [6.45, 7) is 2.20. The van der Waals surface area contributed by atoms with Crippen molar-refractivity contribution < 1.29 is 14.3 Å². The van der Waals surface area contributed by atoms with Gasteiger partial charge in [-0.05, 0) is 12.8 Å². The first-order chi connectivity index (χ1) is 7.31. The second-order valence-electron chi connectivity index (χ2n) is 3.81. The van der Waals surface area contributed by atoms with Crippen LogP contribution in [0.2, 0.25) is 0 Å². The molecule has 1 unspecified atom stereocenters. The second kappa shape index (κ2) is 6.80. The lowest BCUT2D eigenvalue weighted by molar-refractivity contribution is -0.0531. The Bertz CT molecular complexity index is 202. The Morgan fingerprint density at radius 3 is 2.73 bits per heavy atom. The van der Waals surface area contributed by atoms with E-state index < -0.39 is 0 Å². The van der Waals surface area contributed by atoms with Crippen LogP contribution >= 0.6 is 0 Å². The van der Waals surface area contributed by atoms with Crippen molar-refractivity contribution in [3.8, 4) is 0 Å². The number of rotatable bonds is 7. The summed E-state index contributed by atoms with van der Waals surface area (Å²) in [7, 11) is 3.22. The molecule has 0 aromatic carbocycles. The molecule has 88 valence electrons. The minimum atomic E-state index is -0.346. The van der Waals surface area contributed by atoms with Gasteiger partial charge in [-0.2, -0.15) is 0 Å². The summed E-state index contributed by atoms with van der Waals surface area (Å²) in [6.07, 6.45) is 5.47. The van der Waals surface area contributed by atoms with E-state index >= 15 is 0 Å². The summed E-state index contributed by atoms with van der Waals surface area (Å²) >= 11 is 0. The molecule has 4 heteroatoms. The molecule has 0 bridgehead atoms. The number of methoxy groups -OCH3 is 2. The van der Waals surface area contributed by atoms with Crippen LogP contribution in [0.3, 0.4) is 0 Å². The summed E-state index contributed by atoms with van der Waals surface area (Å²) in [5, 5.41) is 4.00. The van der Waals surface area contributed by atoms with Crippen molar-refractivity contribution in [3.63, 3.8) is 0 Å². The predicted molar refractivity (Wildman–Crippen MR) is 58.9 cm³/mol. The van der Waals surface area contributed by atoms with Crippen LogP contribution in [0.1, 0.15) is 39.0 Å². The Kier molecular flexibility index (Phi) is 5.65. The van der Waals surface area contributed by atoms with Gasteiger partial charge in [-0.15, -0.1) is 0 Å². The fourth-order valence-corrected chi connectivity index (χ4v) is 1.73. The van der Waals surface area contributed by atoms with E-state index in [0.29, 0.717) is 0 Å². The van der Waals surface area contributed by atoms with Crippen LogP contribution in [0, 0.1) is 0 Å². The lowest BCUT2D eigenvalue weighted by Crippen LogP contribution is -2.24. The Labute approximate surface area is 91.6 Å². The second-order valence-corrected chi connectivity index (χ2v) is 3.81. The largest absolute Gasteiger partial charge is 0.392 e. The molecule has 0 radical (unpaired) electrons. The Hall–Kier alpha value is -0.610. The summed E-state index contributed by atoms with van der Waals surface area (Å²) in [6, 6.07) is 0. The monoisotopic (exact) mass is 215 g/mol. The molecule has 0 saturated heterocycles. The summed E-state index contributed by atoms with van der Waals surface area (Å²) in [4.78, 5) is 5.32. The minimum Gasteiger partial charge on any atom is -0.392 e. The smallest absolute Gasteiger partial charge is 0.200 e. The van der Waals surface area contributed by atoms with Gasteiger partial charge in [0, 0.05) is 20.6 Å². The first-order valence-corrected chi connectivity index (χ1v) is 5.60. The van der Waals surface area contributed by atoms with E-state index in [-0.39, 0.29) is 12.4 Å². The highest BCUT2D eigenvalue weighted by molar-refractivity contribution is 5.88. The molecule has 0 amide bonds. The normalized spacial score (nSPS) is 20.5. The molecule has 15 heavy (non-hydrogen) atoms. The highest BCUT2D eigenvalue weighted by Crippen LogP contribution is 2.19. The number of nitrogens with zero attached hydrogens (tertiary/aromatic N) is 1. The molecule has 0 fully saturated rings. The Balaban J connectivity index is 2.24. The van der Waals surface area contributed by atoms with E-state index in [9.17, 15) is 0 Å². The molecule has 0 aliphatic carbocycles. The van der Waals surface area contributed by atoms with Crippen molar-refractivity contribution in [2.45, 2.75) is 51.4 Å². The molecule has 1 heterocycles. The molecule has 1 aliphatic heterocycles. The standard InChI is InChI=1S/C11H21NO3/c1-4-5-6-7-9-8-10(12-15-9)11(13-2)14-3/h9,11H,4-8H2,1-3H3. The fraction of sp³-hybridized carbons (Fsp3) is 0.909. The summed E-state index contributed by atoms with van der Waals surface area (Å²) < 4.78 is 10.2. The summed E-state index contributed by atoms with van der Waals surface area (Å²) in [5.41, 5.74) is 0.862. The molecule has 1 rings (SSSR count). The van der Waals surface area contributed by atoms with Crippen molar-refractivity contribution in [1.29, 1.82) is 0 Å². The molecule has 4 nitrogen and oxygen atoms in total. The van der Waals surface area contributed by atoms with Gasteiger partial charge in [0.2, 0.25) is 0 Å². The Morgan fingerprint density at radius 1 is 1.40 bits per heavy atom. The number of hydrogen-bond acceptors (Lipinski definition) is 4. The molecule has 1 aliphatic rings. The van der Waals surface area contributed by atoms with Gasteiger partial charge in [0.15, 0.2) is 6.29 Å². The molecule has 0 aromatic heterocycles. The molecule has 1 atom stereocenters. The number of hydrogen-bond donors (Lipinski definition) is 0. The minimum absolute atomic E-state index is 0.222. The third-order valence-corrected chi connectivity index (χ3v) is 2.59. The third-order valence-electron chi connectivity index (χ3n) is 2.59. The zero-order valence-electron chi connectivity index (χ0n) is 9.86. The van der Waals surface area contributed by atoms with Crippen LogP contribution < -0.4 is 0 Å². The van der Waals surface area contributed by atoms with Crippen molar-refractivity contribution in [2.75, 3.05) is 14.2 Å². The number of oxime groups is 1. The van der Waals surface area contributed by atoms with Crippen molar-refractivity contribution >= 4 is 5.71 Å². The lowest BCUT2D eigenvalue weighted by atomic mass is 10.1. The molecule has 0 spiro atoms. The van der Waals surface area contributed by atoms with Gasteiger partial charge < -0.3 is 14.3 Å². The van der Waals surface area contributed by atoms with Crippen LogP contribution in [-0.2, 0) is 14.3 Å². The van der Waals surface area contributed by atoms with Crippen LogP contribution in [0.15, 0.2) is 5.16 Å². The summed E-state index contributed by atoms with van der Waals surface area (Å²) in [5.74, 6) is 0. The lowest BCUT2D eigenvalue weighted by Gasteiger charge is -2.11. The van der Waals surface area contributed by atoms with Crippen LogP contribution in [-0.4, -0.2) is 32.3 Å². The maximum Gasteiger partial charge on any atom is 0.200 e. The maximum atomic E-state index is 5.32. The molecular formula is C11H21NO3. The van der Waals surface area contributed by atoms with Gasteiger partial charge in [-0.25, -0.2) is 0 Å². The SMILES string of the molecule is CCCCCC1CC(C(OC)OC)=NO1. The van der Waals surface area contributed by atoms with Gasteiger partial charge in [-0.1, -0.05) is 24.9 Å². The molecule has 0 N–H and O–H groups in total. The highest BCUT2D eigenvalue weighted by atomic mass is 16.7. The van der Waals surface area contributed by atoms with E-state index in [1.807, 2.05) is 0 Å². The third kappa shape index (κ3) is 3.80. The van der Waals surface area contributed by atoms with Crippen LogP contribution in [0.5, 0.6) is 0 Å². The van der Waals surface area contributed by atoms with E-state index in [0.717, 1.165) is 18.6 Å². The first kappa shape index (κ1) is 12.5. The van der Waals surface area contributed by atoms with E-state index in [2.05, 4.69) is 12.1 Å². The van der Waals surface area contributed by atoms with Gasteiger partial charge in [-0.3, -0.25) is 0 Å². The van der Waals surface area contributed by atoms with Crippen LogP contribution in [0.4, 0.5) is 0 Å². The molecule has 0 saturated carbocycles. The van der Waals surface area contributed by atoms with E-state index in [1.54, 1.807) is 14.2 Å². The first-order valence-electron chi connectivity index (χ1n) is 5.60. The zero-order valence-corrected chi connectivity index (χ0v) is 9.86. The average Bonchev–Trinajstić information content (AvgIpc) is 2.69. The van der Waals surface area contributed by atoms with Gasteiger partial charge in [0.1, 0.15) is 11.8 Å². The number of unbranched alkanes of at least 4 members (excludes halogenated alkanes) is 2. The van der Waals surface area contributed by atoms with Crippen molar-refractivity contribution in [1.82, 2.24) is 0 Å². The highest BCUT2D eigenvalue weighted by Gasteiger charge is 2.26. The van der Waals surface area contributed by atoms with Crippen LogP contribution in [0.25, 0.3) is 0 Å². The Morgan fingerprint density at radius 2 is 2.13 bits per heavy atom. The van der Waals surface area contributed by atoms with Gasteiger partial charge in [0.25, 0.3) is 0 Å². The fourth-order valence-electron chi connectivity index (χ4n) is 1.73. The van der Waals surface area contributed by atoms with E-state index in [1.165, 1.54) is 19.3 Å². The van der Waals surface area contributed by atoms with Crippen molar-refractivity contribution in [3.05, 3.63) is 0 Å². The van der Waals surface area contributed by atoms with Gasteiger partial charge in [0.05, 0.1) is 0 Å². The van der Waals surface area contributed by atoms with Crippen molar-refractivity contribution in [2.24, 2.45) is 5.16 Å². The molecule has 0 aromatic rings. The maximum absolute atomic E-state index is 5.32.